The Bertz CT molecular complexity index is 910. The fourth-order valence-corrected chi connectivity index (χ4v) is 2.32. The van der Waals surface area contributed by atoms with Crippen LogP contribution in [0.4, 0.5) is 27.7 Å². The third kappa shape index (κ3) is 5.05. The Labute approximate surface area is 156 Å². The van der Waals surface area contributed by atoms with Gasteiger partial charge in [0.05, 0.1) is 24.6 Å². The summed E-state index contributed by atoms with van der Waals surface area (Å²) in [7, 11) is 1.34. The van der Waals surface area contributed by atoms with Crippen molar-refractivity contribution in [2.45, 2.75) is 0 Å². The summed E-state index contributed by atoms with van der Waals surface area (Å²) in [5.41, 5.74) is 2.72. The first-order valence-corrected chi connectivity index (χ1v) is 8.18. The van der Waals surface area contributed by atoms with Crippen LogP contribution in [0.5, 0.6) is 0 Å². The molecule has 7 nitrogen and oxygen atoms in total. The third-order valence-electron chi connectivity index (χ3n) is 3.63. The number of nitrogens with zero attached hydrogens (tertiary/aromatic N) is 1. The largest absolute Gasteiger partial charge is 0.465 e. The number of amides is 2. The molecular formula is C20H18N4O3. The van der Waals surface area contributed by atoms with Crippen LogP contribution in [-0.2, 0) is 4.74 Å². The molecule has 3 rings (SSSR count). The summed E-state index contributed by atoms with van der Waals surface area (Å²) in [5.74, 6) is 0.0439. The molecule has 0 radical (unpaired) electrons. The van der Waals surface area contributed by atoms with E-state index in [1.165, 1.54) is 7.11 Å². The SMILES string of the molecule is COC(=O)c1ccc(Nc2ccc(NC(=O)Nc3ccccc3)nc2)cc1. The van der Waals surface area contributed by atoms with Crippen molar-refractivity contribution in [1.82, 2.24) is 4.98 Å². The Kier molecular flexibility index (Phi) is 5.64. The smallest absolute Gasteiger partial charge is 0.337 e. The van der Waals surface area contributed by atoms with E-state index >= 15 is 0 Å². The molecular weight excluding hydrogens is 344 g/mol. The molecule has 0 fully saturated rings. The molecule has 0 aliphatic rings. The number of carbonyl (C=O) groups excluding carboxylic acids is 2. The Morgan fingerprint density at radius 3 is 2.15 bits per heavy atom. The molecule has 0 saturated carbocycles. The highest BCUT2D eigenvalue weighted by Gasteiger charge is 2.06. The number of esters is 1. The predicted octanol–water partition coefficient (Wildman–Crippen LogP) is 4.26. The second kappa shape index (κ2) is 8.48. The minimum absolute atomic E-state index is 0.368. The van der Waals surface area contributed by atoms with E-state index in [0.717, 1.165) is 11.4 Å². The molecule has 0 unspecified atom stereocenters. The molecule has 7 heteroatoms. The van der Waals surface area contributed by atoms with Crippen LogP contribution < -0.4 is 16.0 Å². The van der Waals surface area contributed by atoms with E-state index in [-0.39, 0.29) is 12.0 Å². The lowest BCUT2D eigenvalue weighted by Gasteiger charge is -2.09. The average Bonchev–Trinajstić information content (AvgIpc) is 2.70. The van der Waals surface area contributed by atoms with Crippen molar-refractivity contribution >= 4 is 34.9 Å². The van der Waals surface area contributed by atoms with Crippen LogP contribution in [0.2, 0.25) is 0 Å². The molecule has 0 aliphatic heterocycles. The van der Waals surface area contributed by atoms with Gasteiger partial charge >= 0.3 is 12.0 Å². The summed E-state index contributed by atoms with van der Waals surface area (Å²) in [5, 5.41) is 8.55. The van der Waals surface area contributed by atoms with E-state index in [1.807, 2.05) is 18.2 Å². The minimum Gasteiger partial charge on any atom is -0.465 e. The van der Waals surface area contributed by atoms with Gasteiger partial charge in [0.25, 0.3) is 0 Å². The lowest BCUT2D eigenvalue weighted by molar-refractivity contribution is 0.0600. The third-order valence-corrected chi connectivity index (χ3v) is 3.63. The highest BCUT2D eigenvalue weighted by molar-refractivity contribution is 5.99. The maximum atomic E-state index is 12.0. The Hall–Kier alpha value is -3.87. The summed E-state index contributed by atoms with van der Waals surface area (Å²) in [6.45, 7) is 0. The molecule has 0 saturated heterocycles. The summed E-state index contributed by atoms with van der Waals surface area (Å²) in [6.07, 6.45) is 1.60. The maximum absolute atomic E-state index is 12.0. The Morgan fingerprint density at radius 2 is 1.52 bits per heavy atom. The van der Waals surface area contributed by atoms with Gasteiger partial charge in [0.2, 0.25) is 0 Å². The molecule has 2 aromatic carbocycles. The van der Waals surface area contributed by atoms with E-state index < -0.39 is 0 Å². The zero-order valence-corrected chi connectivity index (χ0v) is 14.6. The molecule has 2 amide bonds. The fourth-order valence-electron chi connectivity index (χ4n) is 2.32. The van der Waals surface area contributed by atoms with E-state index in [1.54, 1.807) is 54.7 Å². The molecule has 0 atom stereocenters. The summed E-state index contributed by atoms with van der Waals surface area (Å²) < 4.78 is 4.67. The van der Waals surface area contributed by atoms with E-state index in [2.05, 4.69) is 25.7 Å². The average molecular weight is 362 g/mol. The molecule has 136 valence electrons. The van der Waals surface area contributed by atoms with Crippen molar-refractivity contribution < 1.29 is 14.3 Å². The molecule has 27 heavy (non-hydrogen) atoms. The van der Waals surface area contributed by atoms with Gasteiger partial charge in [-0.05, 0) is 48.5 Å². The van der Waals surface area contributed by atoms with E-state index in [0.29, 0.717) is 17.1 Å². The molecule has 1 heterocycles. The fraction of sp³-hybridized carbons (Fsp3) is 0.0500. The van der Waals surface area contributed by atoms with Crippen LogP contribution in [0.3, 0.4) is 0 Å². The zero-order valence-electron chi connectivity index (χ0n) is 14.6. The topological polar surface area (TPSA) is 92.4 Å². The number of carbonyl (C=O) groups is 2. The lowest BCUT2D eigenvalue weighted by Crippen LogP contribution is -2.19. The highest BCUT2D eigenvalue weighted by atomic mass is 16.5. The highest BCUT2D eigenvalue weighted by Crippen LogP contribution is 2.18. The van der Waals surface area contributed by atoms with E-state index in [4.69, 9.17) is 0 Å². The monoisotopic (exact) mass is 362 g/mol. The lowest BCUT2D eigenvalue weighted by atomic mass is 10.2. The minimum atomic E-state index is -0.382. The van der Waals surface area contributed by atoms with Crippen LogP contribution in [0.25, 0.3) is 0 Å². The summed E-state index contributed by atoms with van der Waals surface area (Å²) >= 11 is 0. The second-order valence-electron chi connectivity index (χ2n) is 5.57. The summed E-state index contributed by atoms with van der Waals surface area (Å²) in [4.78, 5) is 27.6. The van der Waals surface area contributed by atoms with Crippen molar-refractivity contribution in [3.05, 3.63) is 78.5 Å². The van der Waals surface area contributed by atoms with Crippen LogP contribution in [0, 0.1) is 0 Å². The van der Waals surface area contributed by atoms with Crippen molar-refractivity contribution in [2.75, 3.05) is 23.1 Å². The number of nitrogens with one attached hydrogen (secondary N) is 3. The normalized spacial score (nSPS) is 9.96. The van der Waals surface area contributed by atoms with E-state index in [9.17, 15) is 9.59 Å². The summed E-state index contributed by atoms with van der Waals surface area (Å²) in [6, 6.07) is 19.1. The van der Waals surface area contributed by atoms with Gasteiger partial charge in [-0.15, -0.1) is 0 Å². The maximum Gasteiger partial charge on any atom is 0.337 e. The number of ether oxygens (including phenoxy) is 1. The van der Waals surface area contributed by atoms with Crippen LogP contribution in [0.15, 0.2) is 72.9 Å². The number of methoxy groups -OCH3 is 1. The number of hydrogen-bond acceptors (Lipinski definition) is 5. The van der Waals surface area contributed by atoms with Gasteiger partial charge in [-0.2, -0.15) is 0 Å². The van der Waals surface area contributed by atoms with Crippen LogP contribution >= 0.6 is 0 Å². The molecule has 3 aromatic rings. The van der Waals surface area contributed by atoms with Gasteiger partial charge in [-0.25, -0.2) is 14.6 Å². The molecule has 0 bridgehead atoms. The number of anilines is 4. The number of rotatable bonds is 5. The quantitative estimate of drug-likeness (QED) is 0.590. The standard InChI is InChI=1S/C20H18N4O3/c1-27-19(25)14-7-9-16(10-8-14)22-17-11-12-18(21-13-17)24-20(26)23-15-5-3-2-4-6-15/h2-13,22H,1H3,(H2,21,23,24,26). The first kappa shape index (κ1) is 17.9. The van der Waals surface area contributed by atoms with Crippen molar-refractivity contribution in [1.29, 1.82) is 0 Å². The van der Waals surface area contributed by atoms with Gasteiger partial charge < -0.3 is 15.4 Å². The van der Waals surface area contributed by atoms with Crippen LogP contribution in [0.1, 0.15) is 10.4 Å². The van der Waals surface area contributed by atoms with Crippen LogP contribution in [-0.4, -0.2) is 24.1 Å². The van der Waals surface area contributed by atoms with Gasteiger partial charge in [0.15, 0.2) is 0 Å². The van der Waals surface area contributed by atoms with Crippen molar-refractivity contribution in [2.24, 2.45) is 0 Å². The number of aromatic nitrogens is 1. The molecule has 3 N–H and O–H groups in total. The first-order chi connectivity index (χ1) is 13.1. The predicted molar refractivity (Wildman–Crippen MR) is 104 cm³/mol. The number of pyridine rings is 1. The number of benzene rings is 2. The van der Waals surface area contributed by atoms with Crippen molar-refractivity contribution in [3.63, 3.8) is 0 Å². The van der Waals surface area contributed by atoms with Gasteiger partial charge in [0, 0.05) is 11.4 Å². The molecule has 0 aliphatic carbocycles. The first-order valence-electron chi connectivity index (χ1n) is 8.18. The second-order valence-corrected chi connectivity index (χ2v) is 5.57. The number of para-hydroxylation sites is 1. The number of urea groups is 1. The van der Waals surface area contributed by atoms with Gasteiger partial charge in [-0.3, -0.25) is 5.32 Å². The number of hydrogen-bond donors (Lipinski definition) is 3. The molecule has 0 spiro atoms. The van der Waals surface area contributed by atoms with Crippen molar-refractivity contribution in [3.8, 4) is 0 Å². The molecule has 1 aromatic heterocycles. The Morgan fingerprint density at radius 1 is 0.815 bits per heavy atom. The van der Waals surface area contributed by atoms with Gasteiger partial charge in [0.1, 0.15) is 5.82 Å². The van der Waals surface area contributed by atoms with Gasteiger partial charge in [-0.1, -0.05) is 18.2 Å². The zero-order chi connectivity index (χ0) is 19.1. The Balaban J connectivity index is 1.57.